The molecule has 150 valence electrons. The van der Waals surface area contributed by atoms with E-state index in [-0.39, 0.29) is 30.7 Å². The number of methoxy groups -OCH3 is 3. The minimum atomic E-state index is -0.357. The predicted octanol–water partition coefficient (Wildman–Crippen LogP) is 2.37. The van der Waals surface area contributed by atoms with Gasteiger partial charge in [-0.15, -0.1) is 0 Å². The fourth-order valence-electron chi connectivity index (χ4n) is 2.47. The minimum Gasteiger partial charge on any atom is -0.495 e. The van der Waals surface area contributed by atoms with Gasteiger partial charge in [-0.25, -0.2) is 0 Å². The van der Waals surface area contributed by atoms with E-state index in [9.17, 15) is 14.4 Å². The number of amides is 1. The Bertz CT molecular complexity index is 627. The summed E-state index contributed by atoms with van der Waals surface area (Å²) in [5.41, 5.74) is 1.28. The summed E-state index contributed by atoms with van der Waals surface area (Å²) in [5.74, 6) is -0.226. The lowest BCUT2D eigenvalue weighted by molar-refractivity contribution is -0.140. The maximum absolute atomic E-state index is 11.9. The Kier molecular flexibility index (Phi) is 9.71. The van der Waals surface area contributed by atoms with Crippen LogP contribution in [-0.4, -0.2) is 52.3 Å². The number of ether oxygens (including phenoxy) is 3. The van der Waals surface area contributed by atoms with Gasteiger partial charge >= 0.3 is 11.9 Å². The van der Waals surface area contributed by atoms with Gasteiger partial charge in [0.2, 0.25) is 5.91 Å². The molecule has 0 saturated carbocycles. The highest BCUT2D eigenvalue weighted by Gasteiger charge is 2.17. The van der Waals surface area contributed by atoms with Crippen LogP contribution in [0.15, 0.2) is 18.2 Å². The van der Waals surface area contributed by atoms with Crippen molar-refractivity contribution in [2.75, 3.05) is 44.6 Å². The van der Waals surface area contributed by atoms with Crippen LogP contribution < -0.4 is 15.0 Å². The minimum absolute atomic E-state index is 0.0794. The van der Waals surface area contributed by atoms with Crippen LogP contribution in [0.3, 0.4) is 0 Å². The van der Waals surface area contributed by atoms with Gasteiger partial charge in [0, 0.05) is 25.2 Å². The number of rotatable bonds is 11. The maximum atomic E-state index is 11.9. The molecule has 0 heterocycles. The van der Waals surface area contributed by atoms with Gasteiger partial charge in [-0.2, -0.15) is 0 Å². The van der Waals surface area contributed by atoms with Crippen molar-refractivity contribution in [1.82, 2.24) is 0 Å². The molecule has 0 aromatic heterocycles. The largest absolute Gasteiger partial charge is 0.495 e. The number of carbonyl (C=O) groups excluding carboxylic acids is 3. The molecule has 0 aliphatic rings. The lowest BCUT2D eigenvalue weighted by Crippen LogP contribution is -2.29. The van der Waals surface area contributed by atoms with Crippen molar-refractivity contribution in [3.05, 3.63) is 18.2 Å². The molecular formula is C19H28N2O6. The van der Waals surface area contributed by atoms with Crippen LogP contribution >= 0.6 is 0 Å². The monoisotopic (exact) mass is 380 g/mol. The summed E-state index contributed by atoms with van der Waals surface area (Å²) in [6.45, 7) is 2.58. The molecule has 0 saturated heterocycles. The van der Waals surface area contributed by atoms with Gasteiger partial charge in [-0.05, 0) is 24.6 Å². The maximum Gasteiger partial charge on any atom is 0.307 e. The van der Waals surface area contributed by atoms with Crippen molar-refractivity contribution < 1.29 is 28.6 Å². The SMILES string of the molecule is CCCC(=O)Nc1ccc(OC)c(N(CCC(=O)OC)CCC(=O)OC)c1. The standard InChI is InChI=1S/C19H28N2O6/c1-5-6-17(22)20-14-7-8-16(25-2)15(13-14)21(11-9-18(23)26-3)12-10-19(24)27-4/h7-8,13H,5-6,9-12H2,1-4H3,(H,20,22). The first-order valence-electron chi connectivity index (χ1n) is 8.81. The molecule has 8 nitrogen and oxygen atoms in total. The summed E-state index contributed by atoms with van der Waals surface area (Å²) in [4.78, 5) is 36.8. The number of anilines is 2. The van der Waals surface area contributed by atoms with Gasteiger partial charge in [0.15, 0.2) is 0 Å². The van der Waals surface area contributed by atoms with E-state index in [1.807, 2.05) is 11.8 Å². The van der Waals surface area contributed by atoms with E-state index in [4.69, 9.17) is 14.2 Å². The number of nitrogens with zero attached hydrogens (tertiary/aromatic N) is 1. The predicted molar refractivity (Wildman–Crippen MR) is 102 cm³/mol. The molecule has 1 amide bonds. The Labute approximate surface area is 159 Å². The average molecular weight is 380 g/mol. The summed E-state index contributed by atoms with van der Waals surface area (Å²) < 4.78 is 14.8. The van der Waals surface area contributed by atoms with Crippen molar-refractivity contribution in [3.63, 3.8) is 0 Å². The van der Waals surface area contributed by atoms with Crippen molar-refractivity contribution in [2.45, 2.75) is 32.6 Å². The molecule has 0 spiro atoms. The smallest absolute Gasteiger partial charge is 0.307 e. The molecule has 0 aliphatic heterocycles. The number of nitrogens with one attached hydrogen (secondary N) is 1. The van der Waals surface area contributed by atoms with Crippen LogP contribution in [-0.2, 0) is 23.9 Å². The molecule has 27 heavy (non-hydrogen) atoms. The van der Waals surface area contributed by atoms with Crippen molar-refractivity contribution >= 4 is 29.2 Å². The second-order valence-corrected chi connectivity index (χ2v) is 5.82. The molecule has 1 N–H and O–H groups in total. The molecular weight excluding hydrogens is 352 g/mol. The van der Waals surface area contributed by atoms with Gasteiger partial charge in [-0.1, -0.05) is 6.92 Å². The number of esters is 2. The van der Waals surface area contributed by atoms with Gasteiger partial charge < -0.3 is 24.4 Å². The highest BCUT2D eigenvalue weighted by molar-refractivity contribution is 5.91. The fraction of sp³-hybridized carbons (Fsp3) is 0.526. The van der Waals surface area contributed by atoms with E-state index in [0.717, 1.165) is 6.42 Å². The van der Waals surface area contributed by atoms with E-state index in [1.54, 1.807) is 18.2 Å². The van der Waals surface area contributed by atoms with Gasteiger partial charge in [0.1, 0.15) is 5.75 Å². The summed E-state index contributed by atoms with van der Waals surface area (Å²) in [6, 6.07) is 5.25. The first-order chi connectivity index (χ1) is 12.9. The zero-order valence-electron chi connectivity index (χ0n) is 16.4. The normalized spacial score (nSPS) is 10.1. The molecule has 0 bridgehead atoms. The van der Waals surface area contributed by atoms with E-state index in [1.165, 1.54) is 21.3 Å². The first-order valence-corrected chi connectivity index (χ1v) is 8.81. The first kappa shape index (κ1) is 22.3. The lowest BCUT2D eigenvalue weighted by Gasteiger charge is -2.26. The molecule has 1 rings (SSSR count). The summed E-state index contributed by atoms with van der Waals surface area (Å²) in [6.07, 6.45) is 1.47. The quantitative estimate of drug-likeness (QED) is 0.589. The zero-order valence-corrected chi connectivity index (χ0v) is 16.4. The summed E-state index contributed by atoms with van der Waals surface area (Å²) >= 11 is 0. The second-order valence-electron chi connectivity index (χ2n) is 5.82. The average Bonchev–Trinajstić information content (AvgIpc) is 2.67. The van der Waals surface area contributed by atoms with E-state index in [0.29, 0.717) is 36.6 Å². The molecule has 0 atom stereocenters. The van der Waals surface area contributed by atoms with Crippen molar-refractivity contribution in [3.8, 4) is 5.75 Å². The zero-order chi connectivity index (χ0) is 20.2. The molecule has 0 fully saturated rings. The van der Waals surface area contributed by atoms with Gasteiger partial charge in [-0.3, -0.25) is 14.4 Å². The topological polar surface area (TPSA) is 94.2 Å². The number of carbonyl (C=O) groups is 3. The molecule has 0 unspecified atom stereocenters. The Hall–Kier alpha value is -2.77. The number of hydrogen-bond acceptors (Lipinski definition) is 7. The van der Waals surface area contributed by atoms with Crippen molar-refractivity contribution in [2.24, 2.45) is 0 Å². The van der Waals surface area contributed by atoms with Crippen LogP contribution in [0.1, 0.15) is 32.6 Å². The molecule has 1 aromatic rings. The Morgan fingerprint density at radius 2 is 1.56 bits per heavy atom. The van der Waals surface area contributed by atoms with E-state index in [2.05, 4.69) is 5.32 Å². The van der Waals surface area contributed by atoms with Crippen LogP contribution in [0.2, 0.25) is 0 Å². The number of hydrogen-bond donors (Lipinski definition) is 1. The Morgan fingerprint density at radius 3 is 2.04 bits per heavy atom. The Morgan fingerprint density at radius 1 is 0.963 bits per heavy atom. The van der Waals surface area contributed by atoms with Crippen molar-refractivity contribution in [1.29, 1.82) is 0 Å². The van der Waals surface area contributed by atoms with Crippen LogP contribution in [0, 0.1) is 0 Å². The third kappa shape index (κ3) is 7.55. The third-order valence-electron chi connectivity index (χ3n) is 3.91. The lowest BCUT2D eigenvalue weighted by atomic mass is 10.2. The highest BCUT2D eigenvalue weighted by Crippen LogP contribution is 2.32. The van der Waals surface area contributed by atoms with Crippen LogP contribution in [0.25, 0.3) is 0 Å². The summed E-state index contributed by atoms with van der Waals surface area (Å²) in [7, 11) is 4.18. The van der Waals surface area contributed by atoms with Gasteiger partial charge in [0.05, 0.1) is 39.9 Å². The number of benzene rings is 1. The molecule has 0 aliphatic carbocycles. The van der Waals surface area contributed by atoms with E-state index >= 15 is 0 Å². The van der Waals surface area contributed by atoms with Crippen LogP contribution in [0.4, 0.5) is 11.4 Å². The second kappa shape index (κ2) is 11.8. The highest BCUT2D eigenvalue weighted by atomic mass is 16.5. The Balaban J connectivity index is 3.08. The third-order valence-corrected chi connectivity index (χ3v) is 3.91. The van der Waals surface area contributed by atoms with Crippen LogP contribution in [0.5, 0.6) is 5.75 Å². The van der Waals surface area contributed by atoms with Gasteiger partial charge in [0.25, 0.3) is 0 Å². The molecule has 0 radical (unpaired) electrons. The van der Waals surface area contributed by atoms with E-state index < -0.39 is 0 Å². The molecule has 8 heteroatoms. The fourth-order valence-corrected chi connectivity index (χ4v) is 2.47. The molecule has 1 aromatic carbocycles. The summed E-state index contributed by atoms with van der Waals surface area (Å²) in [5, 5.41) is 2.84.